The van der Waals surface area contributed by atoms with Crippen LogP contribution in [-0.4, -0.2) is 30.1 Å². The number of carboxylic acids is 1. The fourth-order valence-corrected chi connectivity index (χ4v) is 1.15. The number of amides is 1. The zero-order valence-electron chi connectivity index (χ0n) is 8.46. The Bertz CT molecular complexity index is 247. The van der Waals surface area contributed by atoms with Crippen LogP contribution in [0.1, 0.15) is 26.7 Å². The van der Waals surface area contributed by atoms with Gasteiger partial charge in [0, 0.05) is 0 Å². The van der Waals surface area contributed by atoms with Crippen molar-refractivity contribution in [2.45, 2.75) is 32.0 Å². The molecule has 0 aliphatic heterocycles. The molecule has 0 aromatic heterocycles. The Morgan fingerprint density at radius 3 is 2.50 bits per heavy atom. The van der Waals surface area contributed by atoms with Crippen molar-refractivity contribution >= 4 is 27.2 Å². The quantitative estimate of drug-likeness (QED) is 0.511. The van der Waals surface area contributed by atoms with Crippen LogP contribution in [0.5, 0.6) is 0 Å². The Morgan fingerprint density at radius 1 is 1.57 bits per heavy atom. The van der Waals surface area contributed by atoms with Gasteiger partial charge >= 0.3 is 85.8 Å². The molecule has 4 nitrogen and oxygen atoms in total. The third-order valence-electron chi connectivity index (χ3n) is 2.20. The summed E-state index contributed by atoms with van der Waals surface area (Å²) in [5, 5.41) is 10.4. The van der Waals surface area contributed by atoms with E-state index >= 15 is 0 Å². The maximum absolute atomic E-state index is 11.5. The van der Waals surface area contributed by atoms with Gasteiger partial charge in [-0.3, -0.25) is 0 Å². The van der Waals surface area contributed by atoms with Crippen molar-refractivity contribution in [3.05, 3.63) is 0 Å². The van der Waals surface area contributed by atoms with Crippen LogP contribution in [0.25, 0.3) is 0 Å². The molecule has 0 saturated heterocycles. The van der Waals surface area contributed by atoms with E-state index in [0.29, 0.717) is 6.42 Å². The molecule has 0 radical (unpaired) electrons. The van der Waals surface area contributed by atoms with E-state index in [9.17, 15) is 9.59 Å². The van der Waals surface area contributed by atoms with Crippen LogP contribution in [0.2, 0.25) is 5.31 Å². The molecule has 1 unspecified atom stereocenters. The van der Waals surface area contributed by atoms with Crippen LogP contribution in [0, 0.1) is 0 Å². The van der Waals surface area contributed by atoms with Crippen LogP contribution in [0.3, 0.4) is 0 Å². The summed E-state index contributed by atoms with van der Waals surface area (Å²) in [5.41, 5.74) is 0. The SMILES string of the molecule is CCC(C)(B=P)C(=O)NCCC(=O)O. The summed E-state index contributed by atoms with van der Waals surface area (Å²) >= 11 is 0. The third kappa shape index (κ3) is 4.01. The molecule has 0 aromatic rings. The van der Waals surface area contributed by atoms with Crippen molar-refractivity contribution in [1.29, 1.82) is 0 Å². The van der Waals surface area contributed by atoms with Crippen LogP contribution in [0.15, 0.2) is 0 Å². The van der Waals surface area contributed by atoms with E-state index in [4.69, 9.17) is 5.11 Å². The van der Waals surface area contributed by atoms with E-state index in [1.54, 1.807) is 13.5 Å². The first kappa shape index (κ1) is 13.3. The van der Waals surface area contributed by atoms with E-state index in [1.165, 1.54) is 0 Å². The summed E-state index contributed by atoms with van der Waals surface area (Å²) in [6.07, 6.45) is 0.614. The van der Waals surface area contributed by atoms with Crippen molar-refractivity contribution in [3.8, 4) is 0 Å². The molecule has 78 valence electrons. The fraction of sp³-hybridized carbons (Fsp3) is 0.750. The third-order valence-corrected chi connectivity index (χ3v) is 2.83. The fourth-order valence-electron chi connectivity index (χ4n) is 0.813. The second-order valence-corrected chi connectivity index (χ2v) is 3.60. The minimum absolute atomic E-state index is 0.0484. The maximum atomic E-state index is 11.5. The number of rotatable bonds is 6. The molecule has 0 aliphatic rings. The van der Waals surface area contributed by atoms with Crippen molar-refractivity contribution < 1.29 is 14.7 Å². The Hall–Kier alpha value is -0.695. The number of hydrogen-bond acceptors (Lipinski definition) is 2. The average Bonchev–Trinajstić information content (AvgIpc) is 2.15. The van der Waals surface area contributed by atoms with Gasteiger partial charge in [0.1, 0.15) is 0 Å². The summed E-state index contributed by atoms with van der Waals surface area (Å²) in [4.78, 5) is 21.7. The number of carbonyl (C=O) groups is 2. The second kappa shape index (κ2) is 5.92. The molecular formula is C8H15BNO3P. The monoisotopic (exact) mass is 215 g/mol. The summed E-state index contributed by atoms with van der Waals surface area (Å²) in [6, 6.07) is 0. The molecule has 0 bridgehead atoms. The molecule has 0 aliphatic carbocycles. The van der Waals surface area contributed by atoms with Gasteiger partial charge in [0.05, 0.1) is 0 Å². The van der Waals surface area contributed by atoms with Crippen molar-refractivity contribution in [2.24, 2.45) is 0 Å². The molecule has 1 amide bonds. The van der Waals surface area contributed by atoms with E-state index in [0.717, 1.165) is 0 Å². The summed E-state index contributed by atoms with van der Waals surface area (Å²) < 4.78 is 0. The number of carbonyl (C=O) groups excluding carboxylic acids is 1. The van der Waals surface area contributed by atoms with Crippen molar-refractivity contribution in [1.82, 2.24) is 5.32 Å². The molecule has 2 N–H and O–H groups in total. The zero-order valence-corrected chi connectivity index (χ0v) is 9.46. The molecule has 0 aromatic carbocycles. The second-order valence-electron chi connectivity index (χ2n) is 3.31. The zero-order chi connectivity index (χ0) is 11.2. The Labute approximate surface area is 86.5 Å². The minimum atomic E-state index is -0.911. The summed E-state index contributed by atoms with van der Waals surface area (Å²) in [5.74, 6) is -1.07. The van der Waals surface area contributed by atoms with Gasteiger partial charge in [-0.15, -0.1) is 0 Å². The predicted octanol–water partition coefficient (Wildman–Crippen LogP) is 0.928. The number of aliphatic carboxylic acids is 1. The van der Waals surface area contributed by atoms with Crippen LogP contribution in [0.4, 0.5) is 0 Å². The molecule has 14 heavy (non-hydrogen) atoms. The molecule has 0 spiro atoms. The molecular weight excluding hydrogens is 200 g/mol. The Balaban J connectivity index is 4.06. The first-order valence-electron chi connectivity index (χ1n) is 4.48. The molecule has 0 fully saturated rings. The van der Waals surface area contributed by atoms with E-state index in [-0.39, 0.29) is 18.9 Å². The van der Waals surface area contributed by atoms with Gasteiger partial charge in [-0.05, 0) is 0 Å². The van der Waals surface area contributed by atoms with Gasteiger partial charge in [-0.2, -0.15) is 0 Å². The molecule has 1 atom stereocenters. The summed E-state index contributed by atoms with van der Waals surface area (Å²) in [6.45, 7) is 5.50. The topological polar surface area (TPSA) is 66.4 Å². The number of nitrogens with one attached hydrogen (secondary N) is 1. The van der Waals surface area contributed by atoms with Crippen molar-refractivity contribution in [3.63, 3.8) is 0 Å². The number of carboxylic acid groups (broad SMARTS) is 1. The van der Waals surface area contributed by atoms with Gasteiger partial charge in [0.15, 0.2) is 0 Å². The van der Waals surface area contributed by atoms with Crippen molar-refractivity contribution in [2.75, 3.05) is 6.54 Å². The van der Waals surface area contributed by atoms with E-state index in [1.807, 2.05) is 6.92 Å². The first-order valence-corrected chi connectivity index (χ1v) is 5.05. The van der Waals surface area contributed by atoms with E-state index < -0.39 is 11.3 Å². The van der Waals surface area contributed by atoms with E-state index in [2.05, 4.69) is 14.0 Å². The standard InChI is InChI=1S/C8H15BNO3P/c1-3-8(2,9-14)7(13)10-5-4-6(11)12/h14H,3-5H2,1-2H3,(H,10,13)(H,11,12). The predicted molar refractivity (Wildman–Crippen MR) is 58.0 cm³/mol. The molecule has 0 heterocycles. The summed E-state index contributed by atoms with van der Waals surface area (Å²) in [7, 11) is 3.20. The van der Waals surface area contributed by atoms with Gasteiger partial charge in [0.2, 0.25) is 0 Å². The molecule has 0 rings (SSSR count). The normalized spacial score (nSPS) is 13.9. The van der Waals surface area contributed by atoms with Gasteiger partial charge < -0.3 is 0 Å². The van der Waals surface area contributed by atoms with Crippen LogP contribution < -0.4 is 5.32 Å². The van der Waals surface area contributed by atoms with Gasteiger partial charge in [0.25, 0.3) is 0 Å². The average molecular weight is 215 g/mol. The van der Waals surface area contributed by atoms with Crippen LogP contribution in [-0.2, 0) is 9.59 Å². The Kier molecular flexibility index (Phi) is 5.62. The number of hydrogen-bond donors (Lipinski definition) is 2. The first-order chi connectivity index (χ1) is 6.46. The van der Waals surface area contributed by atoms with Gasteiger partial charge in [-0.25, -0.2) is 0 Å². The van der Waals surface area contributed by atoms with Crippen LogP contribution >= 0.6 is 8.73 Å². The molecule has 6 heteroatoms. The van der Waals surface area contributed by atoms with Gasteiger partial charge in [-0.1, -0.05) is 0 Å². The molecule has 0 saturated carbocycles. The Morgan fingerprint density at radius 2 is 2.14 bits per heavy atom.